The molecule has 5 nitrogen and oxygen atoms in total. The Bertz CT molecular complexity index is 596. The lowest BCUT2D eigenvalue weighted by Crippen LogP contribution is -2.51. The number of nitrogens with zero attached hydrogens (tertiary/aromatic N) is 1. The molecule has 2 unspecified atom stereocenters. The molecule has 2 aliphatic rings. The summed E-state index contributed by atoms with van der Waals surface area (Å²) in [5.41, 5.74) is 0.722. The molecule has 112 valence electrons. The van der Waals surface area contributed by atoms with E-state index in [1.807, 2.05) is 0 Å². The zero-order chi connectivity index (χ0) is 14.3. The van der Waals surface area contributed by atoms with E-state index in [2.05, 4.69) is 0 Å². The predicted molar refractivity (Wildman–Crippen MR) is 76.2 cm³/mol. The molecule has 1 aromatic heterocycles. The summed E-state index contributed by atoms with van der Waals surface area (Å²) in [5, 5.41) is 11.2. The van der Waals surface area contributed by atoms with E-state index in [0.29, 0.717) is 22.9 Å². The van der Waals surface area contributed by atoms with Gasteiger partial charge < -0.3 is 9.84 Å². The maximum Gasteiger partial charge on any atom is 0.244 e. The van der Waals surface area contributed by atoms with Crippen LogP contribution in [0.15, 0.2) is 10.3 Å². The molecular weight excluding hydrogens is 298 g/mol. The van der Waals surface area contributed by atoms with E-state index in [0.717, 1.165) is 24.8 Å². The van der Waals surface area contributed by atoms with Crippen molar-refractivity contribution >= 4 is 21.4 Å². The highest BCUT2D eigenvalue weighted by atomic mass is 32.2. The number of aliphatic hydroxyl groups is 1. The van der Waals surface area contributed by atoms with Crippen molar-refractivity contribution in [3.8, 4) is 0 Å². The van der Waals surface area contributed by atoms with Crippen LogP contribution in [0.25, 0.3) is 0 Å². The molecule has 0 spiro atoms. The van der Waals surface area contributed by atoms with Gasteiger partial charge in [-0.2, -0.15) is 4.31 Å². The van der Waals surface area contributed by atoms with Gasteiger partial charge in [-0.3, -0.25) is 0 Å². The zero-order valence-corrected chi connectivity index (χ0v) is 13.0. The molecule has 7 heteroatoms. The lowest BCUT2D eigenvalue weighted by atomic mass is 10.2. The molecule has 1 N–H and O–H groups in total. The summed E-state index contributed by atoms with van der Waals surface area (Å²) in [6.07, 6.45) is 2.85. The van der Waals surface area contributed by atoms with Gasteiger partial charge in [0.1, 0.15) is 4.90 Å². The van der Waals surface area contributed by atoms with Crippen LogP contribution in [-0.2, 0) is 21.4 Å². The van der Waals surface area contributed by atoms with Crippen molar-refractivity contribution in [3.05, 3.63) is 15.8 Å². The highest BCUT2D eigenvalue weighted by Gasteiger charge is 2.43. The number of rotatable bonds is 3. The van der Waals surface area contributed by atoms with E-state index >= 15 is 0 Å². The van der Waals surface area contributed by atoms with Crippen LogP contribution in [0.3, 0.4) is 0 Å². The molecule has 1 aliphatic carbocycles. The Balaban J connectivity index is 2.00. The zero-order valence-electron chi connectivity index (χ0n) is 11.4. The standard InChI is InChI=1S/C13H19NO4S2/c1-9-8-19-12(7-15)13(9)20(16,17)14-5-6-18-11-4-2-3-10(11)14/h8,10-11,15H,2-7H2,1H3. The van der Waals surface area contributed by atoms with Crippen LogP contribution in [0.5, 0.6) is 0 Å². The molecule has 2 fully saturated rings. The molecule has 1 saturated carbocycles. The van der Waals surface area contributed by atoms with Gasteiger partial charge in [-0.25, -0.2) is 8.42 Å². The normalized spacial score (nSPS) is 27.7. The molecule has 0 bridgehead atoms. The lowest BCUT2D eigenvalue weighted by molar-refractivity contribution is -0.0242. The third kappa shape index (κ3) is 2.21. The van der Waals surface area contributed by atoms with Crippen LogP contribution in [-0.4, -0.2) is 43.1 Å². The second-order valence-corrected chi connectivity index (χ2v) is 8.14. The van der Waals surface area contributed by atoms with Gasteiger partial charge in [-0.05, 0) is 37.1 Å². The van der Waals surface area contributed by atoms with Crippen LogP contribution >= 0.6 is 11.3 Å². The molecular formula is C13H19NO4S2. The second kappa shape index (κ2) is 5.38. The van der Waals surface area contributed by atoms with Gasteiger partial charge in [0, 0.05) is 6.54 Å². The van der Waals surface area contributed by atoms with Crippen molar-refractivity contribution in [1.82, 2.24) is 4.31 Å². The number of hydrogen-bond donors (Lipinski definition) is 1. The second-order valence-electron chi connectivity index (χ2n) is 5.35. The highest BCUT2D eigenvalue weighted by molar-refractivity contribution is 7.89. The van der Waals surface area contributed by atoms with Gasteiger partial charge in [0.25, 0.3) is 0 Å². The molecule has 3 rings (SSSR count). The Morgan fingerprint density at radius 2 is 2.30 bits per heavy atom. The van der Waals surface area contributed by atoms with Gasteiger partial charge in [0.2, 0.25) is 10.0 Å². The molecule has 20 heavy (non-hydrogen) atoms. The minimum absolute atomic E-state index is 0.0371. The number of ether oxygens (including phenoxy) is 1. The van der Waals surface area contributed by atoms with Crippen molar-refractivity contribution in [1.29, 1.82) is 0 Å². The van der Waals surface area contributed by atoms with E-state index < -0.39 is 10.0 Å². The predicted octanol–water partition coefficient (Wildman–Crippen LogP) is 1.49. The van der Waals surface area contributed by atoms with Crippen molar-refractivity contribution in [3.63, 3.8) is 0 Å². The minimum atomic E-state index is -3.54. The maximum absolute atomic E-state index is 13.0. The lowest BCUT2D eigenvalue weighted by Gasteiger charge is -2.36. The molecule has 2 atom stereocenters. The minimum Gasteiger partial charge on any atom is -0.391 e. The van der Waals surface area contributed by atoms with Crippen molar-refractivity contribution in [2.45, 2.75) is 49.8 Å². The number of sulfonamides is 1. The summed E-state index contributed by atoms with van der Waals surface area (Å²) >= 11 is 1.31. The first kappa shape index (κ1) is 14.5. The van der Waals surface area contributed by atoms with E-state index in [9.17, 15) is 13.5 Å². The smallest absolute Gasteiger partial charge is 0.244 e. The van der Waals surface area contributed by atoms with Crippen LogP contribution in [0.4, 0.5) is 0 Å². The summed E-state index contributed by atoms with van der Waals surface area (Å²) in [4.78, 5) is 0.834. The fourth-order valence-electron chi connectivity index (χ4n) is 3.25. The van der Waals surface area contributed by atoms with Gasteiger partial charge >= 0.3 is 0 Å². The summed E-state index contributed by atoms with van der Waals surface area (Å²) in [6, 6.07) is -0.0420. The van der Waals surface area contributed by atoms with E-state index in [-0.39, 0.29) is 18.8 Å². The van der Waals surface area contributed by atoms with Gasteiger partial charge in [-0.1, -0.05) is 0 Å². The molecule has 0 radical (unpaired) electrons. The summed E-state index contributed by atoms with van der Waals surface area (Å²) in [6.45, 7) is 2.42. The molecule has 2 heterocycles. The Labute approximate surface area is 123 Å². The molecule has 1 saturated heterocycles. The molecule has 0 aromatic carbocycles. The van der Waals surface area contributed by atoms with E-state index in [1.165, 1.54) is 11.3 Å². The first-order valence-corrected chi connectivity index (χ1v) is 9.19. The number of aliphatic hydroxyl groups excluding tert-OH is 1. The molecule has 1 aromatic rings. The number of fused-ring (bicyclic) bond motifs is 1. The van der Waals surface area contributed by atoms with Crippen LogP contribution in [0.2, 0.25) is 0 Å². The first-order valence-electron chi connectivity index (χ1n) is 6.87. The first-order chi connectivity index (χ1) is 9.55. The van der Waals surface area contributed by atoms with Crippen LogP contribution < -0.4 is 0 Å². The highest BCUT2D eigenvalue weighted by Crippen LogP contribution is 2.36. The molecule has 0 amide bonds. The van der Waals surface area contributed by atoms with Crippen molar-refractivity contribution in [2.24, 2.45) is 0 Å². The van der Waals surface area contributed by atoms with Gasteiger partial charge in [0.05, 0.1) is 30.2 Å². The Morgan fingerprint density at radius 3 is 3.05 bits per heavy atom. The largest absolute Gasteiger partial charge is 0.391 e. The summed E-state index contributed by atoms with van der Waals surface area (Å²) in [5.74, 6) is 0. The average Bonchev–Trinajstić information content (AvgIpc) is 3.03. The van der Waals surface area contributed by atoms with E-state index in [4.69, 9.17) is 4.74 Å². The average molecular weight is 317 g/mol. The van der Waals surface area contributed by atoms with Crippen LogP contribution in [0, 0.1) is 6.92 Å². The Kier molecular flexibility index (Phi) is 3.89. The van der Waals surface area contributed by atoms with Crippen molar-refractivity contribution in [2.75, 3.05) is 13.2 Å². The van der Waals surface area contributed by atoms with Crippen LogP contribution in [0.1, 0.15) is 29.7 Å². The SMILES string of the molecule is Cc1csc(CO)c1S(=O)(=O)N1CCOC2CCCC21. The maximum atomic E-state index is 13.0. The van der Waals surface area contributed by atoms with E-state index in [1.54, 1.807) is 16.6 Å². The quantitative estimate of drug-likeness (QED) is 0.917. The summed E-state index contributed by atoms with van der Waals surface area (Å²) < 4.78 is 33.2. The van der Waals surface area contributed by atoms with Gasteiger partial charge in [0.15, 0.2) is 0 Å². The molecule has 1 aliphatic heterocycles. The fraction of sp³-hybridized carbons (Fsp3) is 0.692. The summed E-state index contributed by atoms with van der Waals surface area (Å²) in [7, 11) is -3.54. The Hall–Kier alpha value is -0.470. The van der Waals surface area contributed by atoms with Crippen molar-refractivity contribution < 1.29 is 18.3 Å². The monoisotopic (exact) mass is 317 g/mol. The number of morpholine rings is 1. The fourth-order valence-corrected chi connectivity index (χ4v) is 6.53. The topological polar surface area (TPSA) is 66.8 Å². The number of hydrogen-bond acceptors (Lipinski definition) is 5. The third-order valence-electron chi connectivity index (χ3n) is 4.13. The van der Waals surface area contributed by atoms with Gasteiger partial charge in [-0.15, -0.1) is 11.3 Å². The third-order valence-corrected chi connectivity index (χ3v) is 7.50. The number of thiophene rings is 1. The number of aryl methyl sites for hydroxylation is 1. The Morgan fingerprint density at radius 1 is 1.50 bits per heavy atom.